The topological polar surface area (TPSA) is 84.5 Å². The van der Waals surface area contributed by atoms with Crippen LogP contribution in [0.1, 0.15) is 5.56 Å². The first-order valence-corrected chi connectivity index (χ1v) is 8.82. The third-order valence-corrected chi connectivity index (χ3v) is 5.60. The standard InChI is InChI=1S/C13H14ClN3O2S2/c14-11-5-3-10(4-6-11)7-8-16-13(15)17-21(18,19)12-2-1-9-20-12/h1-6,9H,7-8H2,(H3,15,16,17). The lowest BCUT2D eigenvalue weighted by molar-refractivity contribution is 0.594. The number of aliphatic imine (C=N–C) groups is 1. The lowest BCUT2D eigenvalue weighted by Crippen LogP contribution is -2.36. The van der Waals surface area contributed by atoms with E-state index in [2.05, 4.69) is 9.71 Å². The first-order valence-electron chi connectivity index (χ1n) is 6.08. The fraction of sp³-hybridized carbons (Fsp3) is 0.154. The van der Waals surface area contributed by atoms with E-state index in [0.29, 0.717) is 18.0 Å². The zero-order valence-corrected chi connectivity index (χ0v) is 13.4. The Morgan fingerprint density at radius 1 is 1.29 bits per heavy atom. The molecule has 0 saturated heterocycles. The molecule has 0 fully saturated rings. The number of rotatable bonds is 5. The van der Waals surface area contributed by atoms with Gasteiger partial charge in [-0.1, -0.05) is 29.8 Å². The minimum Gasteiger partial charge on any atom is -0.369 e. The number of benzene rings is 1. The van der Waals surface area contributed by atoms with Crippen molar-refractivity contribution in [1.29, 1.82) is 0 Å². The average Bonchev–Trinajstić information content (AvgIpc) is 2.95. The van der Waals surface area contributed by atoms with Crippen molar-refractivity contribution in [3.8, 4) is 0 Å². The van der Waals surface area contributed by atoms with E-state index in [1.54, 1.807) is 23.6 Å². The van der Waals surface area contributed by atoms with Gasteiger partial charge in [-0.05, 0) is 35.6 Å². The first kappa shape index (κ1) is 15.8. The summed E-state index contributed by atoms with van der Waals surface area (Å²) >= 11 is 6.91. The molecule has 0 atom stereocenters. The molecule has 0 amide bonds. The molecule has 0 unspecified atom stereocenters. The van der Waals surface area contributed by atoms with Crippen molar-refractivity contribution in [2.24, 2.45) is 10.7 Å². The molecular weight excluding hydrogens is 330 g/mol. The highest BCUT2D eigenvalue weighted by atomic mass is 35.5. The fourth-order valence-electron chi connectivity index (χ4n) is 1.59. The summed E-state index contributed by atoms with van der Waals surface area (Å²) in [5, 5.41) is 2.35. The van der Waals surface area contributed by atoms with Gasteiger partial charge in [-0.15, -0.1) is 11.3 Å². The number of hydrogen-bond acceptors (Lipinski definition) is 4. The van der Waals surface area contributed by atoms with Crippen LogP contribution in [0.5, 0.6) is 0 Å². The Labute approximate surface area is 132 Å². The molecule has 0 bridgehead atoms. The molecule has 1 heterocycles. The molecular formula is C13H14ClN3O2S2. The van der Waals surface area contributed by atoms with E-state index in [4.69, 9.17) is 17.3 Å². The highest BCUT2D eigenvalue weighted by Crippen LogP contribution is 2.15. The van der Waals surface area contributed by atoms with Crippen LogP contribution in [0.25, 0.3) is 0 Å². The second-order valence-corrected chi connectivity index (χ2v) is 7.47. The Bertz CT molecular complexity index is 710. The summed E-state index contributed by atoms with van der Waals surface area (Å²) in [5.41, 5.74) is 6.65. The van der Waals surface area contributed by atoms with Gasteiger partial charge in [0.15, 0.2) is 0 Å². The highest BCUT2D eigenvalue weighted by Gasteiger charge is 2.15. The Morgan fingerprint density at radius 2 is 2.00 bits per heavy atom. The summed E-state index contributed by atoms with van der Waals surface area (Å²) in [5.74, 6) is -0.114. The predicted octanol–water partition coefficient (Wildman–Crippen LogP) is 2.24. The maximum atomic E-state index is 11.9. The molecule has 1 aromatic heterocycles. The number of sulfonamides is 1. The number of halogens is 1. The van der Waals surface area contributed by atoms with Crippen LogP contribution >= 0.6 is 22.9 Å². The Hall–Kier alpha value is -1.57. The summed E-state index contributed by atoms with van der Waals surface area (Å²) < 4.78 is 26.2. The molecule has 0 aliphatic heterocycles. The molecule has 8 heteroatoms. The smallest absolute Gasteiger partial charge is 0.273 e. The van der Waals surface area contributed by atoms with E-state index >= 15 is 0 Å². The minimum absolute atomic E-state index is 0.114. The van der Waals surface area contributed by atoms with E-state index in [0.717, 1.165) is 16.9 Å². The van der Waals surface area contributed by atoms with Crippen LogP contribution < -0.4 is 10.5 Å². The second kappa shape index (κ2) is 6.93. The number of guanidine groups is 1. The van der Waals surface area contributed by atoms with Crippen molar-refractivity contribution >= 4 is 38.9 Å². The Morgan fingerprint density at radius 3 is 2.62 bits per heavy atom. The molecule has 0 aliphatic carbocycles. The van der Waals surface area contributed by atoms with Gasteiger partial charge in [0.05, 0.1) is 0 Å². The highest BCUT2D eigenvalue weighted by molar-refractivity contribution is 7.92. The zero-order valence-electron chi connectivity index (χ0n) is 11.0. The summed E-state index contributed by atoms with van der Waals surface area (Å²) in [7, 11) is -3.62. The zero-order chi connectivity index (χ0) is 15.3. The first-order chi connectivity index (χ1) is 9.97. The maximum absolute atomic E-state index is 11.9. The van der Waals surface area contributed by atoms with Gasteiger partial charge in [0, 0.05) is 11.6 Å². The summed E-state index contributed by atoms with van der Waals surface area (Å²) in [6, 6.07) is 10.5. The van der Waals surface area contributed by atoms with E-state index in [-0.39, 0.29) is 10.2 Å². The molecule has 3 N–H and O–H groups in total. The van der Waals surface area contributed by atoms with Crippen LogP contribution in [0.4, 0.5) is 0 Å². The van der Waals surface area contributed by atoms with Gasteiger partial charge >= 0.3 is 0 Å². The van der Waals surface area contributed by atoms with Crippen LogP contribution in [0.15, 0.2) is 51.0 Å². The van der Waals surface area contributed by atoms with Crippen molar-refractivity contribution in [2.75, 3.05) is 6.54 Å². The van der Waals surface area contributed by atoms with Crippen molar-refractivity contribution < 1.29 is 8.42 Å². The molecule has 0 saturated carbocycles. The van der Waals surface area contributed by atoms with Crippen molar-refractivity contribution in [1.82, 2.24) is 4.72 Å². The molecule has 0 radical (unpaired) electrons. The average molecular weight is 344 g/mol. The van der Waals surface area contributed by atoms with Crippen molar-refractivity contribution in [2.45, 2.75) is 10.6 Å². The molecule has 21 heavy (non-hydrogen) atoms. The second-order valence-electron chi connectivity index (χ2n) is 4.18. The van der Waals surface area contributed by atoms with Crippen LogP contribution in [-0.4, -0.2) is 20.9 Å². The fourth-order valence-corrected chi connectivity index (χ4v) is 3.66. The number of nitrogens with one attached hydrogen (secondary N) is 1. The quantitative estimate of drug-likeness (QED) is 0.645. The predicted molar refractivity (Wildman–Crippen MR) is 86.3 cm³/mol. The Kier molecular flexibility index (Phi) is 5.22. The number of thiophene rings is 1. The van der Waals surface area contributed by atoms with E-state index in [1.807, 2.05) is 12.1 Å². The van der Waals surface area contributed by atoms with Gasteiger partial charge in [-0.3, -0.25) is 4.99 Å². The van der Waals surface area contributed by atoms with Gasteiger partial charge in [0.25, 0.3) is 10.0 Å². The molecule has 1 aromatic carbocycles. The molecule has 2 aromatic rings. The summed E-state index contributed by atoms with van der Waals surface area (Å²) in [6.45, 7) is 0.389. The maximum Gasteiger partial charge on any atom is 0.273 e. The molecule has 5 nitrogen and oxygen atoms in total. The summed E-state index contributed by atoms with van der Waals surface area (Å²) in [4.78, 5) is 4.01. The van der Waals surface area contributed by atoms with Gasteiger partial charge < -0.3 is 5.73 Å². The van der Waals surface area contributed by atoms with Crippen molar-refractivity contribution in [3.05, 3.63) is 52.4 Å². The normalized spacial score (nSPS) is 12.3. The van der Waals surface area contributed by atoms with Crippen molar-refractivity contribution in [3.63, 3.8) is 0 Å². The van der Waals surface area contributed by atoms with Gasteiger partial charge in [0.1, 0.15) is 4.21 Å². The lowest BCUT2D eigenvalue weighted by Gasteiger charge is -2.05. The number of hydrogen-bond donors (Lipinski definition) is 2. The van der Waals surface area contributed by atoms with Gasteiger partial charge in [-0.25, -0.2) is 13.1 Å². The lowest BCUT2D eigenvalue weighted by atomic mass is 10.1. The molecule has 0 aliphatic rings. The molecule has 2 rings (SSSR count). The largest absolute Gasteiger partial charge is 0.369 e. The van der Waals surface area contributed by atoms with E-state index in [1.165, 1.54) is 6.07 Å². The third kappa shape index (κ3) is 4.73. The van der Waals surface area contributed by atoms with Crippen LogP contribution in [0.2, 0.25) is 5.02 Å². The van der Waals surface area contributed by atoms with E-state index in [9.17, 15) is 8.42 Å². The molecule has 112 valence electrons. The van der Waals surface area contributed by atoms with E-state index < -0.39 is 10.0 Å². The monoisotopic (exact) mass is 343 g/mol. The minimum atomic E-state index is -3.62. The Balaban J connectivity index is 1.91. The van der Waals surface area contributed by atoms with Gasteiger partial charge in [-0.2, -0.15) is 0 Å². The van der Waals surface area contributed by atoms with Crippen LogP contribution in [-0.2, 0) is 16.4 Å². The number of nitrogens with zero attached hydrogens (tertiary/aromatic N) is 1. The van der Waals surface area contributed by atoms with Crippen LogP contribution in [0, 0.1) is 0 Å². The SMILES string of the molecule is NC(=NCCc1ccc(Cl)cc1)NS(=O)(=O)c1cccs1. The summed E-state index contributed by atoms with van der Waals surface area (Å²) in [6.07, 6.45) is 0.651. The molecule has 0 spiro atoms. The van der Waals surface area contributed by atoms with Crippen LogP contribution in [0.3, 0.4) is 0 Å². The van der Waals surface area contributed by atoms with Gasteiger partial charge in [0.2, 0.25) is 5.96 Å². The number of nitrogens with two attached hydrogens (primary N) is 1. The third-order valence-electron chi connectivity index (χ3n) is 2.59.